The van der Waals surface area contributed by atoms with Crippen LogP contribution in [0.3, 0.4) is 0 Å². The van der Waals surface area contributed by atoms with Crippen LogP contribution in [-0.4, -0.2) is 77.3 Å². The van der Waals surface area contributed by atoms with Crippen molar-refractivity contribution in [3.05, 3.63) is 58.5 Å². The number of nitrogens with zero attached hydrogens (tertiary/aromatic N) is 3. The van der Waals surface area contributed by atoms with Crippen LogP contribution < -0.4 is 5.56 Å². The molecule has 2 unspecified atom stereocenters. The first kappa shape index (κ1) is 27.6. The Hall–Kier alpha value is -2.97. The molecule has 0 radical (unpaired) electrons. The number of pyridine rings is 1. The molecule has 1 aromatic heterocycles. The second-order valence-corrected chi connectivity index (χ2v) is 12.0. The van der Waals surface area contributed by atoms with Crippen LogP contribution in [0.4, 0.5) is 0 Å². The average molecular weight is 536 g/mol. The van der Waals surface area contributed by atoms with Crippen molar-refractivity contribution in [2.75, 3.05) is 40.4 Å². The molecule has 2 amide bonds. The van der Waals surface area contributed by atoms with Gasteiger partial charge in [0.2, 0.25) is 5.91 Å². The van der Waals surface area contributed by atoms with Gasteiger partial charge in [0, 0.05) is 70.1 Å². The molecule has 1 spiro atoms. The average Bonchev–Trinajstić information content (AvgIpc) is 3.63. The number of hydrogen-bond acceptors (Lipinski definition) is 5. The smallest absolute Gasteiger partial charge is 0.255 e. The zero-order valence-corrected chi connectivity index (χ0v) is 23.2. The van der Waals surface area contributed by atoms with Gasteiger partial charge in [-0.2, -0.15) is 0 Å². The van der Waals surface area contributed by atoms with E-state index in [2.05, 4.69) is 0 Å². The maximum absolute atomic E-state index is 13.4. The summed E-state index contributed by atoms with van der Waals surface area (Å²) in [5, 5.41) is 12.2. The van der Waals surface area contributed by atoms with E-state index < -0.39 is 11.0 Å². The summed E-state index contributed by atoms with van der Waals surface area (Å²) in [5.74, 6) is 0.414. The summed E-state index contributed by atoms with van der Waals surface area (Å²) in [6.07, 6.45) is 8.05. The van der Waals surface area contributed by atoms with Gasteiger partial charge in [0.25, 0.3) is 11.5 Å². The third-order valence-electron chi connectivity index (χ3n) is 9.26. The van der Waals surface area contributed by atoms with Crippen molar-refractivity contribution in [3.63, 3.8) is 0 Å². The van der Waals surface area contributed by atoms with Gasteiger partial charge in [-0.05, 0) is 43.6 Å². The number of likely N-dealkylation sites (tertiary alicyclic amines) is 1. The summed E-state index contributed by atoms with van der Waals surface area (Å²) in [4.78, 5) is 43.2. The fraction of sp³-hybridized carbons (Fsp3) is 0.581. The third kappa shape index (κ3) is 5.54. The van der Waals surface area contributed by atoms with Crippen LogP contribution in [0.25, 0.3) is 11.1 Å². The Morgan fingerprint density at radius 2 is 1.87 bits per heavy atom. The summed E-state index contributed by atoms with van der Waals surface area (Å²) in [5.41, 5.74) is -0.0296. The predicted octanol–water partition coefficient (Wildman–Crippen LogP) is 3.56. The quantitative estimate of drug-likeness (QED) is 0.586. The van der Waals surface area contributed by atoms with E-state index in [-0.39, 0.29) is 23.9 Å². The Bertz CT molecular complexity index is 1240. The molecule has 210 valence electrons. The molecule has 1 saturated carbocycles. The highest BCUT2D eigenvalue weighted by Gasteiger charge is 2.55. The number of piperidine rings is 1. The Morgan fingerprint density at radius 1 is 1.13 bits per heavy atom. The zero-order valence-electron chi connectivity index (χ0n) is 23.2. The fourth-order valence-electron chi connectivity index (χ4n) is 6.85. The third-order valence-corrected chi connectivity index (χ3v) is 9.26. The normalized spacial score (nSPS) is 24.3. The van der Waals surface area contributed by atoms with Crippen molar-refractivity contribution < 1.29 is 19.4 Å². The van der Waals surface area contributed by atoms with E-state index in [1.54, 1.807) is 20.3 Å². The molecule has 2 aliphatic heterocycles. The standard InChI is InChI=1S/C31H41N3O5/c1-32(2)29(37)26-19-34(28(36)18-25(26)24-8-4-3-5-9-24)22-31(38)15-16-33(21-30(31)13-6-7-14-30)27(35)11-10-23-12-17-39-20-23/h3-5,8-9,18-19,23,38H,6-7,10-17,20-22H2,1-2H3. The minimum Gasteiger partial charge on any atom is -0.387 e. The lowest BCUT2D eigenvalue weighted by molar-refractivity contribution is -0.160. The van der Waals surface area contributed by atoms with Gasteiger partial charge in [0.05, 0.1) is 17.7 Å². The van der Waals surface area contributed by atoms with Crippen LogP contribution in [0, 0.1) is 11.3 Å². The van der Waals surface area contributed by atoms with Crippen molar-refractivity contribution in [2.45, 2.75) is 63.5 Å². The number of aliphatic hydroxyl groups is 1. The van der Waals surface area contributed by atoms with Gasteiger partial charge in [-0.1, -0.05) is 43.2 Å². The second kappa shape index (κ2) is 11.3. The number of rotatable bonds is 7. The molecule has 3 aliphatic rings. The number of carbonyl (C=O) groups is 2. The van der Waals surface area contributed by atoms with Gasteiger partial charge in [-0.3, -0.25) is 14.4 Å². The van der Waals surface area contributed by atoms with Gasteiger partial charge in [-0.25, -0.2) is 0 Å². The highest BCUT2D eigenvalue weighted by Crippen LogP contribution is 2.51. The number of ether oxygens (including phenoxy) is 1. The minimum atomic E-state index is -1.14. The Balaban J connectivity index is 1.41. The molecule has 8 heteroatoms. The van der Waals surface area contributed by atoms with Crippen LogP contribution in [0.15, 0.2) is 47.4 Å². The highest BCUT2D eigenvalue weighted by atomic mass is 16.5. The molecule has 3 heterocycles. The first-order valence-electron chi connectivity index (χ1n) is 14.3. The zero-order chi connectivity index (χ0) is 27.6. The number of carbonyl (C=O) groups excluding carboxylic acids is 2. The molecule has 39 heavy (non-hydrogen) atoms. The molecular formula is C31H41N3O5. The lowest BCUT2D eigenvalue weighted by Gasteiger charge is -2.52. The van der Waals surface area contributed by atoms with E-state index in [1.165, 1.54) is 15.5 Å². The van der Waals surface area contributed by atoms with E-state index in [1.807, 2.05) is 35.2 Å². The van der Waals surface area contributed by atoms with Crippen molar-refractivity contribution in [1.29, 1.82) is 0 Å². The van der Waals surface area contributed by atoms with Crippen molar-refractivity contribution >= 4 is 11.8 Å². The molecule has 1 N–H and O–H groups in total. The lowest BCUT2D eigenvalue weighted by atomic mass is 9.65. The summed E-state index contributed by atoms with van der Waals surface area (Å²) in [6.45, 7) is 2.62. The molecule has 5 rings (SSSR count). The van der Waals surface area contributed by atoms with E-state index >= 15 is 0 Å². The monoisotopic (exact) mass is 535 g/mol. The molecule has 2 saturated heterocycles. The number of hydrogen-bond donors (Lipinski definition) is 1. The Morgan fingerprint density at radius 3 is 2.54 bits per heavy atom. The van der Waals surface area contributed by atoms with Gasteiger partial charge < -0.3 is 24.2 Å². The predicted molar refractivity (Wildman–Crippen MR) is 149 cm³/mol. The van der Waals surface area contributed by atoms with Crippen LogP contribution in [-0.2, 0) is 16.1 Å². The van der Waals surface area contributed by atoms with Gasteiger partial charge in [0.15, 0.2) is 0 Å². The van der Waals surface area contributed by atoms with Gasteiger partial charge in [0.1, 0.15) is 0 Å². The van der Waals surface area contributed by atoms with Crippen molar-refractivity contribution in [2.24, 2.45) is 11.3 Å². The van der Waals surface area contributed by atoms with Crippen molar-refractivity contribution in [3.8, 4) is 11.1 Å². The van der Waals surface area contributed by atoms with Crippen LogP contribution in [0.2, 0.25) is 0 Å². The molecule has 2 aromatic rings. The van der Waals surface area contributed by atoms with Crippen LogP contribution in [0.1, 0.15) is 61.7 Å². The summed E-state index contributed by atoms with van der Waals surface area (Å²) < 4.78 is 6.98. The molecule has 0 bridgehead atoms. The Labute approximate surface area is 230 Å². The fourth-order valence-corrected chi connectivity index (χ4v) is 6.85. The second-order valence-electron chi connectivity index (χ2n) is 12.0. The van der Waals surface area contributed by atoms with E-state index in [0.29, 0.717) is 43.0 Å². The number of benzene rings is 1. The minimum absolute atomic E-state index is 0.107. The summed E-state index contributed by atoms with van der Waals surface area (Å²) in [7, 11) is 3.39. The van der Waals surface area contributed by atoms with Crippen molar-refractivity contribution in [1.82, 2.24) is 14.4 Å². The molecule has 1 aromatic carbocycles. The molecule has 8 nitrogen and oxygen atoms in total. The lowest BCUT2D eigenvalue weighted by Crippen LogP contribution is -2.62. The maximum Gasteiger partial charge on any atom is 0.255 e. The van der Waals surface area contributed by atoms with Gasteiger partial charge in [-0.15, -0.1) is 0 Å². The molecule has 1 aliphatic carbocycles. The molecular weight excluding hydrogens is 494 g/mol. The summed E-state index contributed by atoms with van der Waals surface area (Å²) in [6, 6.07) is 11.0. The van der Waals surface area contributed by atoms with E-state index in [9.17, 15) is 19.5 Å². The van der Waals surface area contributed by atoms with E-state index in [0.717, 1.165) is 57.3 Å². The number of aromatic nitrogens is 1. The molecule has 3 fully saturated rings. The topological polar surface area (TPSA) is 92.1 Å². The van der Waals surface area contributed by atoms with Gasteiger partial charge >= 0.3 is 0 Å². The largest absolute Gasteiger partial charge is 0.387 e. The summed E-state index contributed by atoms with van der Waals surface area (Å²) >= 11 is 0. The molecule has 2 atom stereocenters. The maximum atomic E-state index is 13.4. The van der Waals surface area contributed by atoms with Crippen LogP contribution >= 0.6 is 0 Å². The van der Waals surface area contributed by atoms with E-state index in [4.69, 9.17) is 4.74 Å². The Kier molecular flexibility index (Phi) is 7.96. The number of amides is 2. The highest BCUT2D eigenvalue weighted by molar-refractivity contribution is 6.00. The first-order chi connectivity index (χ1) is 18.7. The van der Waals surface area contributed by atoms with Crippen LogP contribution in [0.5, 0.6) is 0 Å². The first-order valence-corrected chi connectivity index (χ1v) is 14.3. The SMILES string of the molecule is CN(C)C(=O)c1cn(CC2(O)CCN(C(=O)CCC3CCOC3)CC23CCCC3)c(=O)cc1-c1ccccc1.